The van der Waals surface area contributed by atoms with Gasteiger partial charge >= 0.3 is 6.01 Å². The van der Waals surface area contributed by atoms with Crippen molar-refractivity contribution in [3.05, 3.63) is 0 Å². The van der Waals surface area contributed by atoms with Gasteiger partial charge in [-0.2, -0.15) is 15.0 Å². The normalized spacial score (nSPS) is 14.6. The highest BCUT2D eigenvalue weighted by atomic mass is 16.5. The molecule has 0 bridgehead atoms. The molecule has 0 saturated heterocycles. The molecule has 88 valence electrons. The summed E-state index contributed by atoms with van der Waals surface area (Å²) >= 11 is 0. The van der Waals surface area contributed by atoms with E-state index in [2.05, 4.69) is 32.5 Å². The van der Waals surface area contributed by atoms with Crippen LogP contribution < -0.4 is 15.4 Å². The fourth-order valence-corrected chi connectivity index (χ4v) is 1.24. The monoisotopic (exact) mass is 223 g/mol. The lowest BCUT2D eigenvalue weighted by Gasteiger charge is -2.08. The molecule has 1 aromatic rings. The third-order valence-corrected chi connectivity index (χ3v) is 2.24. The second-order valence-corrected chi connectivity index (χ2v) is 3.81. The largest absolute Gasteiger partial charge is 0.467 e. The first-order valence-corrected chi connectivity index (χ1v) is 5.62. The lowest BCUT2D eigenvalue weighted by molar-refractivity contribution is 0.379. The van der Waals surface area contributed by atoms with Crippen LogP contribution in [0.15, 0.2) is 0 Å². The number of nitrogens with zero attached hydrogens (tertiary/aromatic N) is 3. The van der Waals surface area contributed by atoms with Gasteiger partial charge in [-0.3, -0.25) is 0 Å². The molecule has 0 radical (unpaired) electrons. The highest BCUT2D eigenvalue weighted by Crippen LogP contribution is 2.23. The summed E-state index contributed by atoms with van der Waals surface area (Å²) in [7, 11) is 1.56. The molecule has 0 spiro atoms. The van der Waals surface area contributed by atoms with Crippen LogP contribution in [0.1, 0.15) is 26.2 Å². The van der Waals surface area contributed by atoms with Gasteiger partial charge in [0.25, 0.3) is 0 Å². The number of rotatable bonds is 6. The average Bonchev–Trinajstić information content (AvgIpc) is 3.10. The highest BCUT2D eigenvalue weighted by Gasteiger charge is 2.22. The lowest BCUT2D eigenvalue weighted by atomic mass is 10.5. The van der Waals surface area contributed by atoms with Crippen LogP contribution in [-0.4, -0.2) is 34.6 Å². The predicted octanol–water partition coefficient (Wildman–Crippen LogP) is 1.28. The number of methoxy groups -OCH3 is 1. The lowest BCUT2D eigenvalue weighted by Crippen LogP contribution is -2.11. The fourth-order valence-electron chi connectivity index (χ4n) is 1.24. The molecule has 1 saturated carbocycles. The van der Waals surface area contributed by atoms with E-state index < -0.39 is 0 Å². The van der Waals surface area contributed by atoms with Crippen molar-refractivity contribution in [1.82, 2.24) is 15.0 Å². The standard InChI is InChI=1S/C10H17N5O/c1-3-6-11-8-13-9(12-7-4-5-7)15-10(14-8)16-2/h7H,3-6H2,1-2H3,(H2,11,12,13,14,15). The van der Waals surface area contributed by atoms with Crippen LogP contribution in [-0.2, 0) is 0 Å². The van der Waals surface area contributed by atoms with Gasteiger partial charge in [0, 0.05) is 12.6 Å². The molecule has 1 aromatic heterocycles. The molecule has 1 fully saturated rings. The number of anilines is 2. The Hall–Kier alpha value is -1.59. The first-order valence-electron chi connectivity index (χ1n) is 5.62. The second-order valence-electron chi connectivity index (χ2n) is 3.81. The summed E-state index contributed by atoms with van der Waals surface area (Å²) in [5.74, 6) is 1.16. The molecule has 16 heavy (non-hydrogen) atoms. The Kier molecular flexibility index (Phi) is 3.38. The Bertz CT molecular complexity index is 353. The van der Waals surface area contributed by atoms with E-state index in [1.807, 2.05) is 0 Å². The van der Waals surface area contributed by atoms with Crippen molar-refractivity contribution in [2.75, 3.05) is 24.3 Å². The maximum atomic E-state index is 5.04. The molecule has 2 rings (SSSR count). The second kappa shape index (κ2) is 4.96. The van der Waals surface area contributed by atoms with E-state index in [0.717, 1.165) is 13.0 Å². The van der Waals surface area contributed by atoms with Crippen LogP contribution in [0.25, 0.3) is 0 Å². The topological polar surface area (TPSA) is 72.0 Å². The van der Waals surface area contributed by atoms with Crippen LogP contribution in [0.2, 0.25) is 0 Å². The summed E-state index contributed by atoms with van der Waals surface area (Å²) in [4.78, 5) is 12.5. The first kappa shape index (κ1) is 10.9. The minimum atomic E-state index is 0.344. The van der Waals surface area contributed by atoms with Gasteiger partial charge in [-0.05, 0) is 19.3 Å². The molecule has 0 aliphatic heterocycles. The Labute approximate surface area is 94.9 Å². The fraction of sp³-hybridized carbons (Fsp3) is 0.700. The summed E-state index contributed by atoms with van der Waals surface area (Å²) in [6, 6.07) is 0.864. The van der Waals surface area contributed by atoms with Gasteiger partial charge in [0.1, 0.15) is 0 Å². The van der Waals surface area contributed by atoms with Crippen molar-refractivity contribution in [3.63, 3.8) is 0 Å². The molecule has 6 nitrogen and oxygen atoms in total. The van der Waals surface area contributed by atoms with E-state index in [1.165, 1.54) is 12.8 Å². The van der Waals surface area contributed by atoms with Crippen molar-refractivity contribution < 1.29 is 4.74 Å². The van der Waals surface area contributed by atoms with Crippen LogP contribution >= 0.6 is 0 Å². The Morgan fingerprint density at radius 1 is 1.25 bits per heavy atom. The minimum absolute atomic E-state index is 0.344. The van der Waals surface area contributed by atoms with Crippen LogP contribution in [0.3, 0.4) is 0 Å². The molecule has 2 N–H and O–H groups in total. The van der Waals surface area contributed by atoms with Gasteiger partial charge in [-0.15, -0.1) is 0 Å². The Morgan fingerprint density at radius 3 is 2.62 bits per heavy atom. The summed E-state index contributed by atoms with van der Waals surface area (Å²) in [5.41, 5.74) is 0. The van der Waals surface area contributed by atoms with E-state index in [4.69, 9.17) is 4.74 Å². The van der Waals surface area contributed by atoms with Gasteiger partial charge in [-0.25, -0.2) is 0 Å². The molecule has 0 aromatic carbocycles. The highest BCUT2D eigenvalue weighted by molar-refractivity contribution is 5.37. The van der Waals surface area contributed by atoms with Crippen molar-refractivity contribution in [3.8, 4) is 6.01 Å². The van der Waals surface area contributed by atoms with Crippen LogP contribution in [0.5, 0.6) is 6.01 Å². The third-order valence-electron chi connectivity index (χ3n) is 2.24. The van der Waals surface area contributed by atoms with Crippen molar-refractivity contribution >= 4 is 11.9 Å². The zero-order valence-electron chi connectivity index (χ0n) is 9.66. The van der Waals surface area contributed by atoms with Crippen LogP contribution in [0.4, 0.5) is 11.9 Å². The quantitative estimate of drug-likeness (QED) is 0.757. The molecule has 0 unspecified atom stereocenters. The summed E-state index contributed by atoms with van der Waals surface area (Å²) in [6.07, 6.45) is 3.40. The zero-order chi connectivity index (χ0) is 11.4. The van der Waals surface area contributed by atoms with Gasteiger partial charge in [-0.1, -0.05) is 6.92 Å². The molecule has 1 aliphatic rings. The third kappa shape index (κ3) is 2.95. The number of hydrogen-bond donors (Lipinski definition) is 2. The molecule has 1 heterocycles. The number of nitrogens with one attached hydrogen (secondary N) is 2. The summed E-state index contributed by atoms with van der Waals surface area (Å²) in [6.45, 7) is 2.94. The van der Waals surface area contributed by atoms with E-state index in [9.17, 15) is 0 Å². The SMILES string of the molecule is CCCNc1nc(NC2CC2)nc(OC)n1. The van der Waals surface area contributed by atoms with Gasteiger partial charge in [0.2, 0.25) is 11.9 Å². The summed E-state index contributed by atoms with van der Waals surface area (Å²) in [5, 5.41) is 6.35. The predicted molar refractivity (Wildman–Crippen MR) is 61.8 cm³/mol. The van der Waals surface area contributed by atoms with E-state index in [-0.39, 0.29) is 0 Å². The first-order chi connectivity index (χ1) is 7.81. The molecular formula is C10H17N5O. The molecule has 6 heteroatoms. The zero-order valence-corrected chi connectivity index (χ0v) is 9.66. The van der Waals surface area contributed by atoms with Crippen LogP contribution in [0, 0.1) is 0 Å². The van der Waals surface area contributed by atoms with E-state index in [1.54, 1.807) is 7.11 Å². The van der Waals surface area contributed by atoms with Gasteiger partial charge < -0.3 is 15.4 Å². The number of aromatic nitrogens is 3. The molecular weight excluding hydrogens is 206 g/mol. The summed E-state index contributed by atoms with van der Waals surface area (Å²) < 4.78 is 5.04. The van der Waals surface area contributed by atoms with Crippen molar-refractivity contribution in [2.24, 2.45) is 0 Å². The van der Waals surface area contributed by atoms with Crippen molar-refractivity contribution in [2.45, 2.75) is 32.2 Å². The molecule has 0 atom stereocenters. The van der Waals surface area contributed by atoms with Crippen molar-refractivity contribution in [1.29, 1.82) is 0 Å². The molecule has 0 amide bonds. The number of hydrogen-bond acceptors (Lipinski definition) is 6. The maximum absolute atomic E-state index is 5.04. The van der Waals surface area contributed by atoms with Gasteiger partial charge in [0.05, 0.1) is 7.11 Å². The van der Waals surface area contributed by atoms with Gasteiger partial charge in [0.15, 0.2) is 0 Å². The Balaban J connectivity index is 2.09. The average molecular weight is 223 g/mol. The smallest absolute Gasteiger partial charge is 0.322 e. The van der Waals surface area contributed by atoms with E-state index in [0.29, 0.717) is 23.9 Å². The molecule has 1 aliphatic carbocycles. The number of ether oxygens (including phenoxy) is 1. The minimum Gasteiger partial charge on any atom is -0.467 e. The Morgan fingerprint density at radius 2 is 2.00 bits per heavy atom. The van der Waals surface area contributed by atoms with E-state index >= 15 is 0 Å². The maximum Gasteiger partial charge on any atom is 0.322 e.